The first-order valence-electron chi connectivity index (χ1n) is 7.87. The number of hydrogen-bond donors (Lipinski definition) is 0. The van der Waals surface area contributed by atoms with Crippen molar-refractivity contribution in [2.75, 3.05) is 13.1 Å². The normalized spacial score (nSPS) is 20.7. The van der Waals surface area contributed by atoms with Crippen LogP contribution in [0.1, 0.15) is 41.3 Å². The molecule has 4 rings (SSSR count). The third kappa shape index (κ3) is 2.93. The van der Waals surface area contributed by atoms with Gasteiger partial charge in [-0.25, -0.2) is 0 Å². The van der Waals surface area contributed by atoms with Crippen LogP contribution >= 0.6 is 11.6 Å². The number of amides is 1. The van der Waals surface area contributed by atoms with Gasteiger partial charge in [0, 0.05) is 18.9 Å². The molecule has 1 atom stereocenters. The zero-order chi connectivity index (χ0) is 15.8. The van der Waals surface area contributed by atoms with E-state index in [9.17, 15) is 4.79 Å². The van der Waals surface area contributed by atoms with Gasteiger partial charge in [-0.05, 0) is 25.0 Å². The van der Waals surface area contributed by atoms with Crippen LogP contribution in [-0.2, 0) is 0 Å². The topological polar surface area (TPSA) is 55.6 Å². The Morgan fingerprint density at radius 2 is 2.13 bits per heavy atom. The number of para-hydroxylation sites is 1. The Balaban J connectivity index is 1.43. The van der Waals surface area contributed by atoms with Gasteiger partial charge in [0.1, 0.15) is 17.4 Å². The number of aromatic nitrogens is 1. The van der Waals surface area contributed by atoms with Gasteiger partial charge in [-0.2, -0.15) is 0 Å². The van der Waals surface area contributed by atoms with Crippen LogP contribution in [0.5, 0.6) is 5.75 Å². The number of carbonyl (C=O) groups is 1. The second-order valence-corrected chi connectivity index (χ2v) is 6.50. The minimum atomic E-state index is -0.0388. The predicted molar refractivity (Wildman–Crippen MR) is 84.9 cm³/mol. The van der Waals surface area contributed by atoms with Crippen molar-refractivity contribution in [2.45, 2.75) is 31.3 Å². The Morgan fingerprint density at radius 3 is 2.91 bits per heavy atom. The van der Waals surface area contributed by atoms with Gasteiger partial charge in [-0.1, -0.05) is 28.9 Å². The maximum absolute atomic E-state index is 12.7. The minimum absolute atomic E-state index is 0.0154. The summed E-state index contributed by atoms with van der Waals surface area (Å²) < 4.78 is 11.2. The molecule has 23 heavy (non-hydrogen) atoms. The zero-order valence-electron chi connectivity index (χ0n) is 12.6. The van der Waals surface area contributed by atoms with Crippen LogP contribution in [0.2, 0.25) is 5.02 Å². The van der Waals surface area contributed by atoms with Crippen molar-refractivity contribution in [3.05, 3.63) is 46.8 Å². The molecule has 0 spiro atoms. The Hall–Kier alpha value is -2.01. The summed E-state index contributed by atoms with van der Waals surface area (Å²) >= 11 is 6.12. The van der Waals surface area contributed by atoms with E-state index < -0.39 is 0 Å². The number of benzene rings is 1. The first-order valence-corrected chi connectivity index (χ1v) is 8.25. The molecule has 1 aromatic heterocycles. The number of halogens is 1. The molecule has 1 saturated heterocycles. The predicted octanol–water partition coefficient (Wildman–Crippen LogP) is 3.50. The van der Waals surface area contributed by atoms with Crippen LogP contribution in [0.25, 0.3) is 0 Å². The molecule has 1 amide bonds. The summed E-state index contributed by atoms with van der Waals surface area (Å²) in [7, 11) is 0. The molecule has 0 unspecified atom stereocenters. The van der Waals surface area contributed by atoms with Gasteiger partial charge in [0.25, 0.3) is 5.91 Å². The van der Waals surface area contributed by atoms with E-state index >= 15 is 0 Å². The highest BCUT2D eigenvalue weighted by Crippen LogP contribution is 2.42. The highest BCUT2D eigenvalue weighted by atomic mass is 35.5. The molecular formula is C17H17ClN2O3. The fourth-order valence-corrected chi connectivity index (χ4v) is 3.13. The maximum Gasteiger partial charge on any atom is 0.259 e. The third-order valence-electron chi connectivity index (χ3n) is 4.34. The molecule has 120 valence electrons. The Kier molecular flexibility index (Phi) is 3.73. The molecule has 2 heterocycles. The molecule has 1 saturated carbocycles. The standard InChI is InChI=1S/C17H17ClN2O3/c18-14-3-1-2-4-15(14)22-12-7-8-20(10-12)17(21)13-9-19-23-16(13)11-5-6-11/h1-4,9,11-12H,5-8,10H2/t12-/m1/s1. The monoisotopic (exact) mass is 332 g/mol. The molecule has 1 aromatic carbocycles. The lowest BCUT2D eigenvalue weighted by Crippen LogP contribution is -2.31. The van der Waals surface area contributed by atoms with E-state index in [1.807, 2.05) is 18.2 Å². The highest BCUT2D eigenvalue weighted by molar-refractivity contribution is 6.32. The molecule has 6 heteroatoms. The van der Waals surface area contributed by atoms with Gasteiger partial charge in [-0.15, -0.1) is 0 Å². The summed E-state index contributed by atoms with van der Waals surface area (Å²) in [6.07, 6.45) is 4.45. The SMILES string of the molecule is O=C(c1cnoc1C1CC1)N1CC[C@@H](Oc2ccccc2Cl)C1. The largest absolute Gasteiger partial charge is 0.487 e. The molecule has 2 fully saturated rings. The van der Waals surface area contributed by atoms with Crippen molar-refractivity contribution < 1.29 is 14.1 Å². The lowest BCUT2D eigenvalue weighted by molar-refractivity contribution is 0.0770. The second kappa shape index (κ2) is 5.89. The van der Waals surface area contributed by atoms with Crippen LogP contribution in [0.4, 0.5) is 0 Å². The van der Waals surface area contributed by atoms with Crippen LogP contribution in [0.15, 0.2) is 35.0 Å². The Morgan fingerprint density at radius 1 is 1.30 bits per heavy atom. The molecule has 1 aliphatic carbocycles. The van der Waals surface area contributed by atoms with E-state index in [-0.39, 0.29) is 12.0 Å². The van der Waals surface area contributed by atoms with Gasteiger partial charge in [-0.3, -0.25) is 4.79 Å². The summed E-state index contributed by atoms with van der Waals surface area (Å²) in [6.45, 7) is 1.22. The van der Waals surface area contributed by atoms with Gasteiger partial charge >= 0.3 is 0 Å². The van der Waals surface area contributed by atoms with Crippen molar-refractivity contribution in [2.24, 2.45) is 0 Å². The summed E-state index contributed by atoms with van der Waals surface area (Å²) in [5.41, 5.74) is 0.603. The molecule has 2 aromatic rings. The van der Waals surface area contributed by atoms with Crippen molar-refractivity contribution in [3.63, 3.8) is 0 Å². The lowest BCUT2D eigenvalue weighted by atomic mass is 10.2. The summed E-state index contributed by atoms with van der Waals surface area (Å²) in [6, 6.07) is 7.40. The number of rotatable bonds is 4. The third-order valence-corrected chi connectivity index (χ3v) is 4.65. The van der Waals surface area contributed by atoms with Crippen LogP contribution in [0.3, 0.4) is 0 Å². The van der Waals surface area contributed by atoms with Crippen molar-refractivity contribution >= 4 is 17.5 Å². The average Bonchev–Trinajstić information content (AvgIpc) is 3.10. The van der Waals surface area contributed by atoms with Gasteiger partial charge in [0.05, 0.1) is 17.8 Å². The Labute approximate surface area is 139 Å². The minimum Gasteiger partial charge on any atom is -0.487 e. The van der Waals surface area contributed by atoms with E-state index in [0.717, 1.165) is 25.0 Å². The number of carbonyl (C=O) groups excluding carboxylic acids is 1. The van der Waals surface area contributed by atoms with E-state index in [4.69, 9.17) is 20.9 Å². The molecule has 0 radical (unpaired) electrons. The molecule has 0 bridgehead atoms. The van der Waals surface area contributed by atoms with Crippen molar-refractivity contribution in [1.29, 1.82) is 0 Å². The van der Waals surface area contributed by atoms with Gasteiger partial charge in [0.15, 0.2) is 5.76 Å². The molecule has 2 aliphatic rings. The number of nitrogens with zero attached hydrogens (tertiary/aromatic N) is 2. The maximum atomic E-state index is 12.7. The zero-order valence-corrected chi connectivity index (χ0v) is 13.3. The van der Waals surface area contributed by atoms with E-state index in [1.165, 1.54) is 6.20 Å². The summed E-state index contributed by atoms with van der Waals surface area (Å²) in [5, 5.41) is 4.39. The van der Waals surface area contributed by atoms with E-state index in [1.54, 1.807) is 11.0 Å². The molecule has 5 nitrogen and oxygen atoms in total. The molecule has 1 aliphatic heterocycles. The molecule has 0 N–H and O–H groups in total. The first-order chi connectivity index (χ1) is 11.2. The Bertz CT molecular complexity index is 726. The van der Waals surface area contributed by atoms with Crippen LogP contribution in [0, 0.1) is 0 Å². The number of ether oxygens (including phenoxy) is 1. The average molecular weight is 333 g/mol. The summed E-state index contributed by atoms with van der Waals surface area (Å²) in [5.74, 6) is 1.76. The number of hydrogen-bond acceptors (Lipinski definition) is 4. The highest BCUT2D eigenvalue weighted by Gasteiger charge is 2.36. The quantitative estimate of drug-likeness (QED) is 0.860. The summed E-state index contributed by atoms with van der Waals surface area (Å²) in [4.78, 5) is 14.5. The van der Waals surface area contributed by atoms with Crippen molar-refractivity contribution in [1.82, 2.24) is 10.1 Å². The fraction of sp³-hybridized carbons (Fsp3) is 0.412. The van der Waals surface area contributed by atoms with Gasteiger partial charge < -0.3 is 14.2 Å². The van der Waals surface area contributed by atoms with Gasteiger partial charge in [0.2, 0.25) is 0 Å². The van der Waals surface area contributed by atoms with Crippen LogP contribution in [-0.4, -0.2) is 35.2 Å². The van der Waals surface area contributed by atoms with Crippen LogP contribution < -0.4 is 4.74 Å². The van der Waals surface area contributed by atoms with E-state index in [2.05, 4.69) is 5.16 Å². The molecular weight excluding hydrogens is 316 g/mol. The fourth-order valence-electron chi connectivity index (χ4n) is 2.95. The second-order valence-electron chi connectivity index (χ2n) is 6.09. The number of likely N-dealkylation sites (tertiary alicyclic amines) is 1. The van der Waals surface area contributed by atoms with E-state index in [0.29, 0.717) is 35.3 Å². The van der Waals surface area contributed by atoms with Crippen molar-refractivity contribution in [3.8, 4) is 5.75 Å². The smallest absolute Gasteiger partial charge is 0.259 e. The lowest BCUT2D eigenvalue weighted by Gasteiger charge is -2.17. The first kappa shape index (κ1) is 14.6.